The minimum atomic E-state index is -2.89. The molecule has 1 aromatic carbocycles. The highest BCUT2D eigenvalue weighted by Crippen LogP contribution is 2.19. The number of nitrogens with one attached hydrogen (secondary N) is 1. The minimum Gasteiger partial charge on any atom is -0.409 e. The van der Waals surface area contributed by atoms with E-state index < -0.39 is 9.84 Å². The first-order valence-corrected chi connectivity index (χ1v) is 8.31. The molecule has 20 heavy (non-hydrogen) atoms. The topological polar surface area (TPSA) is 105 Å². The average Bonchev–Trinajstić information content (AvgIpc) is 2.76. The molecule has 0 saturated carbocycles. The number of hydrogen-bond donors (Lipinski definition) is 3. The number of sulfone groups is 1. The molecule has 1 aliphatic heterocycles. The van der Waals surface area contributed by atoms with Crippen LogP contribution in [0.3, 0.4) is 0 Å². The molecule has 2 rings (SSSR count). The van der Waals surface area contributed by atoms with Crippen molar-refractivity contribution in [3.63, 3.8) is 0 Å². The van der Waals surface area contributed by atoms with Gasteiger partial charge in [-0.2, -0.15) is 0 Å². The molecule has 1 atom stereocenters. The fourth-order valence-corrected chi connectivity index (χ4v) is 4.07. The number of oxime groups is 1. The number of benzene rings is 1. The Morgan fingerprint density at radius 2 is 2.30 bits per heavy atom. The lowest BCUT2D eigenvalue weighted by molar-refractivity contribution is 0.318. The van der Waals surface area contributed by atoms with Gasteiger partial charge in [-0.1, -0.05) is 28.9 Å². The largest absolute Gasteiger partial charge is 0.409 e. The van der Waals surface area contributed by atoms with Crippen molar-refractivity contribution < 1.29 is 13.6 Å². The van der Waals surface area contributed by atoms with Crippen LogP contribution in [0.5, 0.6) is 0 Å². The molecule has 0 amide bonds. The molecule has 1 aliphatic rings. The third-order valence-corrected chi connectivity index (χ3v) is 5.39. The lowest BCUT2D eigenvalue weighted by Gasteiger charge is -2.12. The fraction of sp³-hybridized carbons (Fsp3) is 0.417. The van der Waals surface area contributed by atoms with Crippen molar-refractivity contribution in [1.82, 2.24) is 5.32 Å². The van der Waals surface area contributed by atoms with Gasteiger partial charge in [0.25, 0.3) is 0 Å². The van der Waals surface area contributed by atoms with Crippen molar-refractivity contribution in [3.8, 4) is 0 Å². The van der Waals surface area contributed by atoms with Gasteiger partial charge in [-0.25, -0.2) is 8.42 Å². The van der Waals surface area contributed by atoms with E-state index in [4.69, 9.17) is 22.5 Å². The summed E-state index contributed by atoms with van der Waals surface area (Å²) >= 11 is 6.12. The second-order valence-corrected chi connectivity index (χ2v) is 7.41. The molecule has 0 aliphatic carbocycles. The number of nitrogens with two attached hydrogens (primary N) is 1. The zero-order valence-corrected chi connectivity index (χ0v) is 12.3. The summed E-state index contributed by atoms with van der Waals surface area (Å²) in [7, 11) is -2.89. The molecule has 110 valence electrons. The Bertz CT molecular complexity index is 631. The maximum atomic E-state index is 11.4. The van der Waals surface area contributed by atoms with Crippen LogP contribution in [0, 0.1) is 0 Å². The van der Waals surface area contributed by atoms with Crippen molar-refractivity contribution in [1.29, 1.82) is 0 Å². The fourth-order valence-electron chi connectivity index (χ4n) is 2.12. The monoisotopic (exact) mass is 317 g/mol. The van der Waals surface area contributed by atoms with Crippen molar-refractivity contribution in [3.05, 3.63) is 34.3 Å². The van der Waals surface area contributed by atoms with Gasteiger partial charge in [0.05, 0.1) is 11.5 Å². The van der Waals surface area contributed by atoms with Crippen LogP contribution in [0.4, 0.5) is 0 Å². The number of nitrogens with zero attached hydrogens (tertiary/aromatic N) is 1. The summed E-state index contributed by atoms with van der Waals surface area (Å²) in [5.74, 6) is 0.404. The number of rotatable bonds is 4. The molecule has 1 aromatic rings. The van der Waals surface area contributed by atoms with Crippen LogP contribution in [-0.4, -0.2) is 37.0 Å². The SMILES string of the molecule is N/C(=N/O)c1ccc(CNC2CCS(=O)(=O)C2)c(Cl)c1. The summed E-state index contributed by atoms with van der Waals surface area (Å²) in [6.07, 6.45) is 0.627. The smallest absolute Gasteiger partial charge is 0.170 e. The van der Waals surface area contributed by atoms with Crippen LogP contribution in [0.2, 0.25) is 5.02 Å². The average molecular weight is 318 g/mol. The third kappa shape index (κ3) is 3.62. The first kappa shape index (κ1) is 15.1. The van der Waals surface area contributed by atoms with E-state index in [0.717, 1.165) is 5.56 Å². The first-order valence-electron chi connectivity index (χ1n) is 6.11. The van der Waals surface area contributed by atoms with Gasteiger partial charge in [-0.15, -0.1) is 0 Å². The van der Waals surface area contributed by atoms with Gasteiger partial charge in [0.1, 0.15) is 0 Å². The predicted molar refractivity (Wildman–Crippen MR) is 77.9 cm³/mol. The molecule has 0 aromatic heterocycles. The van der Waals surface area contributed by atoms with Crippen molar-refractivity contribution in [2.75, 3.05) is 11.5 Å². The van der Waals surface area contributed by atoms with Gasteiger partial charge >= 0.3 is 0 Å². The molecule has 0 bridgehead atoms. The lowest BCUT2D eigenvalue weighted by Crippen LogP contribution is -2.29. The summed E-state index contributed by atoms with van der Waals surface area (Å²) in [5, 5.41) is 15.2. The molecule has 6 nitrogen and oxygen atoms in total. The Kier molecular flexibility index (Phi) is 4.52. The highest BCUT2D eigenvalue weighted by Gasteiger charge is 2.27. The van der Waals surface area contributed by atoms with Gasteiger partial charge in [0, 0.05) is 23.2 Å². The first-order chi connectivity index (χ1) is 9.41. The lowest BCUT2D eigenvalue weighted by atomic mass is 10.1. The van der Waals surface area contributed by atoms with Crippen LogP contribution in [0.15, 0.2) is 23.4 Å². The van der Waals surface area contributed by atoms with Crippen LogP contribution < -0.4 is 11.1 Å². The second kappa shape index (κ2) is 5.99. The maximum Gasteiger partial charge on any atom is 0.170 e. The van der Waals surface area contributed by atoms with Gasteiger partial charge < -0.3 is 16.3 Å². The summed E-state index contributed by atoms with van der Waals surface area (Å²) in [5.41, 5.74) is 6.85. The normalized spacial score (nSPS) is 22.1. The molecular formula is C12H16ClN3O3S. The minimum absolute atomic E-state index is 0.00621. The molecule has 1 heterocycles. The highest BCUT2D eigenvalue weighted by molar-refractivity contribution is 7.91. The standard InChI is InChI=1S/C12H16ClN3O3S/c13-11-5-8(12(14)16-17)1-2-9(11)6-15-10-3-4-20(18,19)7-10/h1-2,5,10,15,17H,3-4,6-7H2,(H2,14,16). The van der Waals surface area contributed by atoms with E-state index >= 15 is 0 Å². The third-order valence-electron chi connectivity index (χ3n) is 3.27. The molecular weight excluding hydrogens is 302 g/mol. The van der Waals surface area contributed by atoms with E-state index in [-0.39, 0.29) is 23.4 Å². The Balaban J connectivity index is 2.00. The summed E-state index contributed by atoms with van der Waals surface area (Å²) in [4.78, 5) is 0. The van der Waals surface area contributed by atoms with E-state index in [9.17, 15) is 8.42 Å². The zero-order valence-electron chi connectivity index (χ0n) is 10.7. The molecule has 8 heteroatoms. The molecule has 0 radical (unpaired) electrons. The van der Waals surface area contributed by atoms with Crippen LogP contribution in [-0.2, 0) is 16.4 Å². The maximum absolute atomic E-state index is 11.4. The van der Waals surface area contributed by atoms with E-state index in [1.807, 2.05) is 0 Å². The Labute approximate surface area is 122 Å². The molecule has 1 saturated heterocycles. The van der Waals surface area contributed by atoms with Crippen LogP contribution >= 0.6 is 11.6 Å². The van der Waals surface area contributed by atoms with E-state index in [1.165, 1.54) is 0 Å². The summed E-state index contributed by atoms with van der Waals surface area (Å²) < 4.78 is 22.7. The highest BCUT2D eigenvalue weighted by atomic mass is 35.5. The van der Waals surface area contributed by atoms with Crippen LogP contribution in [0.1, 0.15) is 17.5 Å². The summed E-state index contributed by atoms with van der Waals surface area (Å²) in [6.45, 7) is 0.482. The molecule has 4 N–H and O–H groups in total. The van der Waals surface area contributed by atoms with E-state index in [2.05, 4.69) is 10.5 Å². The Hall–Kier alpha value is -1.31. The number of hydrogen-bond acceptors (Lipinski definition) is 5. The van der Waals surface area contributed by atoms with Crippen LogP contribution in [0.25, 0.3) is 0 Å². The van der Waals surface area contributed by atoms with Crippen molar-refractivity contribution in [2.24, 2.45) is 10.9 Å². The van der Waals surface area contributed by atoms with Crippen molar-refractivity contribution >= 4 is 27.3 Å². The predicted octanol–water partition coefficient (Wildman–Crippen LogP) is 0.711. The molecule has 1 unspecified atom stereocenters. The van der Waals surface area contributed by atoms with Gasteiger partial charge in [0.2, 0.25) is 0 Å². The van der Waals surface area contributed by atoms with Gasteiger partial charge in [0.15, 0.2) is 15.7 Å². The number of halogens is 1. The van der Waals surface area contributed by atoms with E-state index in [0.29, 0.717) is 23.6 Å². The van der Waals surface area contributed by atoms with Gasteiger partial charge in [-0.3, -0.25) is 0 Å². The van der Waals surface area contributed by atoms with E-state index in [1.54, 1.807) is 18.2 Å². The summed E-state index contributed by atoms with van der Waals surface area (Å²) in [6, 6.07) is 5.05. The Morgan fingerprint density at radius 1 is 1.55 bits per heavy atom. The zero-order chi connectivity index (χ0) is 14.8. The molecule has 1 fully saturated rings. The Morgan fingerprint density at radius 3 is 2.85 bits per heavy atom. The van der Waals surface area contributed by atoms with Crippen molar-refractivity contribution in [2.45, 2.75) is 19.0 Å². The number of amidine groups is 1. The second-order valence-electron chi connectivity index (χ2n) is 4.77. The van der Waals surface area contributed by atoms with Gasteiger partial charge in [-0.05, 0) is 18.1 Å². The quantitative estimate of drug-likeness (QED) is 0.328. The molecule has 0 spiro atoms.